The van der Waals surface area contributed by atoms with Crippen LogP contribution in [0, 0.1) is 15.5 Å². The minimum absolute atomic E-state index is 0.120. The highest BCUT2D eigenvalue weighted by Gasteiger charge is 2.28. The van der Waals surface area contributed by atoms with Crippen molar-refractivity contribution < 1.29 is 9.72 Å². The van der Waals surface area contributed by atoms with Crippen LogP contribution < -0.4 is 16.0 Å². The first kappa shape index (κ1) is 21.2. The summed E-state index contributed by atoms with van der Waals surface area (Å²) in [5, 5.41) is 20.4. The molecule has 0 saturated carbocycles. The van der Waals surface area contributed by atoms with Crippen molar-refractivity contribution in [3.05, 3.63) is 81.5 Å². The number of amides is 1. The van der Waals surface area contributed by atoms with Crippen LogP contribution in [0.3, 0.4) is 0 Å². The number of aromatic nitrogens is 1. The summed E-state index contributed by atoms with van der Waals surface area (Å²) in [4.78, 5) is 27.0. The second-order valence-electron chi connectivity index (χ2n) is 7.12. The van der Waals surface area contributed by atoms with Crippen LogP contribution in [0.2, 0.25) is 5.02 Å². The number of pyridine rings is 1. The van der Waals surface area contributed by atoms with Crippen LogP contribution in [-0.2, 0) is 0 Å². The fraction of sp³-hybridized carbons (Fsp3) is 0.263. The highest BCUT2D eigenvalue weighted by molar-refractivity contribution is 6.30. The Morgan fingerprint density at radius 1 is 1.21 bits per heavy atom. The van der Waals surface area contributed by atoms with E-state index in [4.69, 9.17) is 11.6 Å². The second-order valence-corrected chi connectivity index (χ2v) is 7.55. The zero-order valence-electron chi connectivity index (χ0n) is 15.8. The molecule has 1 amide bonds. The standard InChI is InChI=1S/C19H22ClN5O3/c1-19(2,3)18(24-17(26)13-6-8-14(20)9-7-13)23-16(12-25(27)28)22-15-5-4-10-21-11-15/h4-12,18,22-23H,1-3H3,(H,24,26)/b16-12+. The summed E-state index contributed by atoms with van der Waals surface area (Å²) in [5.74, 6) is -0.208. The summed E-state index contributed by atoms with van der Waals surface area (Å²) >= 11 is 5.86. The van der Waals surface area contributed by atoms with Crippen molar-refractivity contribution in [1.29, 1.82) is 0 Å². The average Bonchev–Trinajstić information content (AvgIpc) is 2.61. The van der Waals surface area contributed by atoms with Crippen molar-refractivity contribution >= 4 is 23.2 Å². The molecule has 3 N–H and O–H groups in total. The van der Waals surface area contributed by atoms with Gasteiger partial charge in [0.15, 0.2) is 5.82 Å². The lowest BCUT2D eigenvalue weighted by Crippen LogP contribution is -2.53. The summed E-state index contributed by atoms with van der Waals surface area (Å²) in [7, 11) is 0. The first-order valence-corrected chi connectivity index (χ1v) is 8.88. The number of anilines is 1. The van der Waals surface area contributed by atoms with E-state index in [1.165, 1.54) is 6.20 Å². The number of halogens is 1. The van der Waals surface area contributed by atoms with Gasteiger partial charge >= 0.3 is 0 Å². The van der Waals surface area contributed by atoms with Crippen LogP contribution in [0.1, 0.15) is 31.1 Å². The molecule has 2 rings (SSSR count). The van der Waals surface area contributed by atoms with Gasteiger partial charge in [0, 0.05) is 22.2 Å². The summed E-state index contributed by atoms with van der Waals surface area (Å²) < 4.78 is 0. The van der Waals surface area contributed by atoms with Gasteiger partial charge in [-0.25, -0.2) is 0 Å². The lowest BCUT2D eigenvalue weighted by atomic mass is 9.92. The van der Waals surface area contributed by atoms with Gasteiger partial charge in [-0.15, -0.1) is 0 Å². The van der Waals surface area contributed by atoms with Crippen molar-refractivity contribution in [1.82, 2.24) is 15.6 Å². The molecule has 148 valence electrons. The Balaban J connectivity index is 2.21. The van der Waals surface area contributed by atoms with Crippen molar-refractivity contribution in [3.8, 4) is 0 Å². The van der Waals surface area contributed by atoms with E-state index in [1.807, 2.05) is 20.8 Å². The minimum Gasteiger partial charge on any atom is -0.346 e. The maximum atomic E-state index is 12.6. The number of hydrogen-bond donors (Lipinski definition) is 3. The Hall–Kier alpha value is -3.13. The topological polar surface area (TPSA) is 109 Å². The van der Waals surface area contributed by atoms with Crippen molar-refractivity contribution in [2.24, 2.45) is 5.41 Å². The van der Waals surface area contributed by atoms with Crippen LogP contribution >= 0.6 is 11.6 Å². The second kappa shape index (κ2) is 9.18. The van der Waals surface area contributed by atoms with Gasteiger partial charge in [0.1, 0.15) is 6.17 Å². The molecule has 0 aliphatic carbocycles. The Labute approximate surface area is 168 Å². The molecule has 2 aromatic rings. The summed E-state index contributed by atoms with van der Waals surface area (Å²) in [6, 6.07) is 9.89. The molecule has 0 spiro atoms. The molecular weight excluding hydrogens is 382 g/mol. The Bertz CT molecular complexity index is 848. The monoisotopic (exact) mass is 403 g/mol. The van der Waals surface area contributed by atoms with Gasteiger partial charge in [0.25, 0.3) is 12.1 Å². The average molecular weight is 404 g/mol. The fourth-order valence-corrected chi connectivity index (χ4v) is 2.37. The number of hydrogen-bond acceptors (Lipinski definition) is 6. The van der Waals surface area contributed by atoms with Gasteiger partial charge in [-0.05, 0) is 36.4 Å². The lowest BCUT2D eigenvalue weighted by Gasteiger charge is -2.33. The van der Waals surface area contributed by atoms with E-state index in [0.29, 0.717) is 16.3 Å². The number of carbonyl (C=O) groups is 1. The summed E-state index contributed by atoms with van der Waals surface area (Å²) in [6.07, 6.45) is 3.33. The molecular formula is C19H22ClN5O3. The molecule has 0 aliphatic rings. The largest absolute Gasteiger partial charge is 0.346 e. The third kappa shape index (κ3) is 6.55. The molecule has 0 bridgehead atoms. The Morgan fingerprint density at radius 3 is 2.43 bits per heavy atom. The number of benzene rings is 1. The number of nitrogens with zero attached hydrogens (tertiary/aromatic N) is 2. The van der Waals surface area contributed by atoms with Crippen molar-refractivity contribution in [3.63, 3.8) is 0 Å². The van der Waals surface area contributed by atoms with Gasteiger partial charge in [-0.1, -0.05) is 32.4 Å². The molecule has 0 saturated heterocycles. The Morgan fingerprint density at radius 2 is 1.89 bits per heavy atom. The van der Waals surface area contributed by atoms with Gasteiger partial charge in [-0.3, -0.25) is 19.9 Å². The molecule has 1 atom stereocenters. The van der Waals surface area contributed by atoms with Crippen LogP contribution in [0.15, 0.2) is 60.8 Å². The third-order valence-electron chi connectivity index (χ3n) is 3.72. The highest BCUT2D eigenvalue weighted by Crippen LogP contribution is 2.20. The molecule has 1 aromatic heterocycles. The van der Waals surface area contributed by atoms with Crippen LogP contribution in [0.4, 0.5) is 5.69 Å². The van der Waals surface area contributed by atoms with Gasteiger partial charge in [0.05, 0.1) is 16.8 Å². The number of carbonyl (C=O) groups excluding carboxylic acids is 1. The molecule has 0 radical (unpaired) electrons. The minimum atomic E-state index is -0.606. The molecule has 9 heteroatoms. The quantitative estimate of drug-likeness (QED) is 0.370. The van der Waals surface area contributed by atoms with Crippen LogP contribution in [0.25, 0.3) is 0 Å². The SMILES string of the molecule is CC(C)(C)C(NC(=O)c1ccc(Cl)cc1)N/C(=C/[N+](=O)[O-])Nc1cccnc1. The fourth-order valence-electron chi connectivity index (χ4n) is 2.24. The van der Waals surface area contributed by atoms with Crippen LogP contribution in [0.5, 0.6) is 0 Å². The molecule has 8 nitrogen and oxygen atoms in total. The van der Waals surface area contributed by atoms with E-state index in [1.54, 1.807) is 42.6 Å². The van der Waals surface area contributed by atoms with E-state index < -0.39 is 16.5 Å². The predicted molar refractivity (Wildman–Crippen MR) is 108 cm³/mol. The molecule has 28 heavy (non-hydrogen) atoms. The number of nitro groups is 1. The number of rotatable bonds is 7. The van der Waals surface area contributed by atoms with E-state index in [9.17, 15) is 14.9 Å². The highest BCUT2D eigenvalue weighted by atomic mass is 35.5. The third-order valence-corrected chi connectivity index (χ3v) is 3.97. The maximum Gasteiger partial charge on any atom is 0.274 e. The van der Waals surface area contributed by atoms with Crippen LogP contribution in [-0.4, -0.2) is 22.0 Å². The molecule has 1 unspecified atom stereocenters. The van der Waals surface area contributed by atoms with Gasteiger partial charge in [0.2, 0.25) is 0 Å². The maximum absolute atomic E-state index is 12.6. The summed E-state index contributed by atoms with van der Waals surface area (Å²) in [6.45, 7) is 5.71. The first-order chi connectivity index (χ1) is 13.1. The molecule has 1 aromatic carbocycles. The molecule has 0 fully saturated rings. The first-order valence-electron chi connectivity index (χ1n) is 8.50. The van der Waals surface area contributed by atoms with Crippen molar-refractivity contribution in [2.45, 2.75) is 26.9 Å². The van der Waals surface area contributed by atoms with Gasteiger partial charge in [-0.2, -0.15) is 0 Å². The predicted octanol–water partition coefficient (Wildman–Crippen LogP) is 3.61. The molecule has 0 aliphatic heterocycles. The lowest BCUT2D eigenvalue weighted by molar-refractivity contribution is -0.403. The zero-order valence-corrected chi connectivity index (χ0v) is 16.5. The van der Waals surface area contributed by atoms with Crippen molar-refractivity contribution in [2.75, 3.05) is 5.32 Å². The molecule has 1 heterocycles. The Kier molecular flexibility index (Phi) is 6.94. The van der Waals surface area contributed by atoms with E-state index in [2.05, 4.69) is 20.9 Å². The van der Waals surface area contributed by atoms with E-state index in [0.717, 1.165) is 6.20 Å². The van der Waals surface area contributed by atoms with E-state index >= 15 is 0 Å². The number of nitrogens with one attached hydrogen (secondary N) is 3. The normalized spacial score (nSPS) is 12.8. The van der Waals surface area contributed by atoms with Gasteiger partial charge < -0.3 is 16.0 Å². The zero-order chi connectivity index (χ0) is 20.7. The van der Waals surface area contributed by atoms with E-state index in [-0.39, 0.29) is 11.7 Å². The summed E-state index contributed by atoms with van der Waals surface area (Å²) in [5.41, 5.74) is 0.550. The smallest absolute Gasteiger partial charge is 0.274 e.